The van der Waals surface area contributed by atoms with E-state index in [-0.39, 0.29) is 65.2 Å². The number of alkyl halides is 3. The molecule has 0 radical (unpaired) electrons. The largest absolute Gasteiger partial charge is 0.391 e. The fourth-order valence-corrected chi connectivity index (χ4v) is 5.70. The summed E-state index contributed by atoms with van der Waals surface area (Å²) in [6.45, 7) is 5.61. The van der Waals surface area contributed by atoms with E-state index in [9.17, 15) is 27.6 Å². The summed E-state index contributed by atoms with van der Waals surface area (Å²) in [6.07, 6.45) is -4.47. The quantitative estimate of drug-likeness (QED) is 0.227. The van der Waals surface area contributed by atoms with E-state index in [1.165, 1.54) is 12.1 Å². The molecule has 0 spiro atoms. The molecule has 4 rings (SSSR count). The van der Waals surface area contributed by atoms with Crippen LogP contribution >= 0.6 is 39.1 Å². The van der Waals surface area contributed by atoms with Crippen LogP contribution in [0.4, 0.5) is 30.2 Å². The van der Waals surface area contributed by atoms with Gasteiger partial charge in [-0.3, -0.25) is 14.4 Å². The first-order chi connectivity index (χ1) is 21.0. The number of anilines is 3. The van der Waals surface area contributed by atoms with E-state index in [4.69, 9.17) is 23.2 Å². The molecule has 0 bridgehead atoms. The van der Waals surface area contributed by atoms with Crippen LogP contribution in [0, 0.1) is 11.3 Å². The number of hydrogen-bond acceptors (Lipinski definition) is 4. The van der Waals surface area contributed by atoms with Crippen LogP contribution < -0.4 is 20.9 Å². The number of benzene rings is 3. The van der Waals surface area contributed by atoms with Gasteiger partial charge in [-0.05, 0) is 66.9 Å². The number of halogens is 6. The van der Waals surface area contributed by atoms with Gasteiger partial charge in [-0.25, -0.2) is 0 Å². The molecule has 0 aromatic heterocycles. The minimum Gasteiger partial charge on any atom is -0.371 e. The molecule has 3 N–H and O–H groups in total. The van der Waals surface area contributed by atoms with E-state index >= 15 is 0 Å². The summed E-state index contributed by atoms with van der Waals surface area (Å²) in [6, 6.07) is 14.7. The second kappa shape index (κ2) is 14.0. The first-order valence-corrected chi connectivity index (χ1v) is 15.7. The van der Waals surface area contributed by atoms with E-state index in [2.05, 4.69) is 31.9 Å². The molecule has 1 fully saturated rings. The third-order valence-electron chi connectivity index (χ3n) is 7.42. The SMILES string of the molecule is CC(C)(C)C(=O)NCc1ccc(Cl)c(C(=O)Nc2ccc(N3CCC(C(F)(F)F)CC3)c(C(=O)Nc3ccc(Br)cc3)c2)c1Cl. The molecule has 1 aliphatic rings. The van der Waals surface area contributed by atoms with Gasteiger partial charge < -0.3 is 20.9 Å². The predicted octanol–water partition coefficient (Wildman–Crippen LogP) is 8.70. The number of nitrogens with one attached hydrogen (secondary N) is 3. The van der Waals surface area contributed by atoms with Crippen LogP contribution in [0.5, 0.6) is 0 Å². The van der Waals surface area contributed by atoms with Crippen LogP contribution in [0.2, 0.25) is 10.0 Å². The summed E-state index contributed by atoms with van der Waals surface area (Å²) in [7, 11) is 0. The number of piperidine rings is 1. The van der Waals surface area contributed by atoms with Gasteiger partial charge in [-0.2, -0.15) is 13.2 Å². The zero-order chi connectivity index (χ0) is 33.1. The molecule has 1 aliphatic heterocycles. The number of carbonyl (C=O) groups excluding carboxylic acids is 3. The molecule has 3 amide bonds. The average molecular weight is 728 g/mol. The maximum atomic E-state index is 13.5. The normalized spacial score (nSPS) is 14.2. The summed E-state index contributed by atoms with van der Waals surface area (Å²) in [5.41, 5.74) is 1.20. The monoisotopic (exact) mass is 726 g/mol. The molecule has 3 aromatic rings. The van der Waals surface area contributed by atoms with Crippen LogP contribution in [0.1, 0.15) is 59.9 Å². The lowest BCUT2D eigenvalue weighted by Crippen LogP contribution is -2.39. The highest BCUT2D eigenvalue weighted by Gasteiger charge is 2.41. The van der Waals surface area contributed by atoms with Gasteiger partial charge >= 0.3 is 6.18 Å². The Hall–Kier alpha value is -3.28. The van der Waals surface area contributed by atoms with Crippen LogP contribution in [-0.4, -0.2) is 37.0 Å². The number of hydrogen-bond donors (Lipinski definition) is 3. The molecular formula is C32H32BrCl2F3N4O3. The van der Waals surface area contributed by atoms with E-state index in [0.717, 1.165) is 4.47 Å². The van der Waals surface area contributed by atoms with Crippen LogP contribution in [-0.2, 0) is 11.3 Å². The standard InChI is InChI=1S/C32H32BrCl2F3N4O3/c1-31(2,3)30(45)39-17-18-4-10-24(34)26(27(18)35)29(44)41-22-9-11-25(42-14-12-19(13-15-42)32(36,37)38)23(16-22)28(43)40-21-7-5-20(33)6-8-21/h4-11,16,19H,12-15,17H2,1-3H3,(H,39,45)(H,40,43)(H,41,44). The van der Waals surface area contributed by atoms with Gasteiger partial charge in [0, 0.05) is 46.6 Å². The molecular weight excluding hydrogens is 696 g/mol. The molecule has 45 heavy (non-hydrogen) atoms. The first-order valence-electron chi connectivity index (χ1n) is 14.1. The van der Waals surface area contributed by atoms with Gasteiger partial charge in [0.05, 0.1) is 27.1 Å². The second-order valence-electron chi connectivity index (χ2n) is 11.8. The fourth-order valence-electron chi connectivity index (χ4n) is 4.83. The lowest BCUT2D eigenvalue weighted by Gasteiger charge is -2.35. The lowest BCUT2D eigenvalue weighted by atomic mass is 9.95. The van der Waals surface area contributed by atoms with Crippen LogP contribution in [0.25, 0.3) is 0 Å². The first kappa shape index (κ1) is 34.6. The van der Waals surface area contributed by atoms with E-state index in [1.807, 2.05) is 0 Å². The zero-order valence-corrected chi connectivity index (χ0v) is 27.8. The molecule has 0 saturated carbocycles. The Morgan fingerprint density at radius 1 is 0.889 bits per heavy atom. The molecule has 3 aromatic carbocycles. The number of carbonyl (C=O) groups is 3. The highest BCUT2D eigenvalue weighted by molar-refractivity contribution is 9.10. The zero-order valence-electron chi connectivity index (χ0n) is 24.7. The molecule has 1 heterocycles. The summed E-state index contributed by atoms with van der Waals surface area (Å²) in [5.74, 6) is -2.75. The molecule has 0 unspecified atom stereocenters. The maximum absolute atomic E-state index is 13.5. The Bertz CT molecular complexity index is 1590. The molecule has 0 aliphatic carbocycles. The van der Waals surface area contributed by atoms with Crippen molar-refractivity contribution in [3.63, 3.8) is 0 Å². The minimum atomic E-state index is -4.28. The Labute approximate surface area is 278 Å². The Balaban J connectivity index is 1.61. The molecule has 7 nitrogen and oxygen atoms in total. The third-order valence-corrected chi connectivity index (χ3v) is 8.69. The minimum absolute atomic E-state index is 0.0139. The van der Waals surface area contributed by atoms with Crippen molar-refractivity contribution in [2.75, 3.05) is 28.6 Å². The smallest absolute Gasteiger partial charge is 0.371 e. The van der Waals surface area contributed by atoms with Gasteiger partial charge in [-0.1, -0.05) is 66.0 Å². The van der Waals surface area contributed by atoms with Crippen molar-refractivity contribution in [3.05, 3.63) is 85.8 Å². The fraction of sp³-hybridized carbons (Fsp3) is 0.344. The summed E-state index contributed by atoms with van der Waals surface area (Å²) in [5, 5.41) is 8.48. The second-order valence-corrected chi connectivity index (χ2v) is 13.5. The Morgan fingerprint density at radius 2 is 1.49 bits per heavy atom. The van der Waals surface area contributed by atoms with Gasteiger partial charge in [0.1, 0.15) is 0 Å². The molecule has 1 saturated heterocycles. The third kappa shape index (κ3) is 8.71. The van der Waals surface area contributed by atoms with E-state index < -0.39 is 29.3 Å². The lowest BCUT2D eigenvalue weighted by molar-refractivity contribution is -0.179. The van der Waals surface area contributed by atoms with Gasteiger partial charge in [0.25, 0.3) is 11.8 Å². The van der Waals surface area contributed by atoms with Gasteiger partial charge in [0.2, 0.25) is 5.91 Å². The topological polar surface area (TPSA) is 90.5 Å². The van der Waals surface area contributed by atoms with Crippen molar-refractivity contribution in [3.8, 4) is 0 Å². The Kier molecular flexibility index (Phi) is 10.8. The summed E-state index contributed by atoms with van der Waals surface area (Å²) >= 11 is 16.3. The predicted molar refractivity (Wildman–Crippen MR) is 175 cm³/mol. The Morgan fingerprint density at radius 3 is 2.09 bits per heavy atom. The van der Waals surface area contributed by atoms with Crippen molar-refractivity contribution >= 4 is 73.9 Å². The van der Waals surface area contributed by atoms with E-state index in [0.29, 0.717) is 16.9 Å². The number of amides is 3. The van der Waals surface area contributed by atoms with Crippen molar-refractivity contribution in [2.24, 2.45) is 11.3 Å². The number of nitrogens with zero attached hydrogens (tertiary/aromatic N) is 1. The van der Waals surface area contributed by atoms with Crippen LogP contribution in [0.15, 0.2) is 59.1 Å². The van der Waals surface area contributed by atoms with E-state index in [1.54, 1.807) is 68.1 Å². The van der Waals surface area contributed by atoms with Crippen molar-refractivity contribution in [1.29, 1.82) is 0 Å². The van der Waals surface area contributed by atoms with Crippen molar-refractivity contribution in [1.82, 2.24) is 5.32 Å². The highest BCUT2D eigenvalue weighted by atomic mass is 79.9. The molecule has 0 atom stereocenters. The maximum Gasteiger partial charge on any atom is 0.391 e. The van der Waals surface area contributed by atoms with Crippen molar-refractivity contribution < 1.29 is 27.6 Å². The van der Waals surface area contributed by atoms with Gasteiger partial charge in [0.15, 0.2) is 0 Å². The molecule has 240 valence electrons. The molecule has 13 heteroatoms. The number of rotatable bonds is 7. The van der Waals surface area contributed by atoms with Crippen LogP contribution in [0.3, 0.4) is 0 Å². The summed E-state index contributed by atoms with van der Waals surface area (Å²) in [4.78, 5) is 41.1. The average Bonchev–Trinajstić information content (AvgIpc) is 2.97. The van der Waals surface area contributed by atoms with Gasteiger partial charge in [-0.15, -0.1) is 0 Å². The highest BCUT2D eigenvalue weighted by Crippen LogP contribution is 2.37. The van der Waals surface area contributed by atoms with Crippen molar-refractivity contribution in [2.45, 2.75) is 46.3 Å². The summed E-state index contributed by atoms with van der Waals surface area (Å²) < 4.78 is 40.7.